The van der Waals surface area contributed by atoms with Gasteiger partial charge in [0, 0.05) is 5.56 Å². The lowest BCUT2D eigenvalue weighted by atomic mass is 10.1. The van der Waals surface area contributed by atoms with E-state index in [9.17, 15) is 5.11 Å². The summed E-state index contributed by atoms with van der Waals surface area (Å²) >= 11 is 34.8. The van der Waals surface area contributed by atoms with Gasteiger partial charge in [0.25, 0.3) is 0 Å². The Morgan fingerprint density at radius 2 is 1.37 bits per heavy atom. The summed E-state index contributed by atoms with van der Waals surface area (Å²) in [5.41, 5.74) is 3.40. The summed E-state index contributed by atoms with van der Waals surface area (Å²) in [6.07, 6.45) is 3.59. The van der Waals surface area contributed by atoms with Crippen LogP contribution < -0.4 is 4.74 Å². The minimum absolute atomic E-state index is 0.0627. The zero-order valence-electron chi connectivity index (χ0n) is 22.2. The lowest BCUT2D eigenvalue weighted by Gasteiger charge is -2.12. The molecule has 0 bridgehead atoms. The predicted molar refractivity (Wildman–Crippen MR) is 166 cm³/mol. The Kier molecular flexibility index (Phi) is 11.5. The van der Waals surface area contributed by atoms with E-state index in [2.05, 4.69) is 29.9 Å². The highest BCUT2D eigenvalue weighted by Crippen LogP contribution is 2.37. The van der Waals surface area contributed by atoms with Gasteiger partial charge in [-0.15, -0.1) is 0 Å². The van der Waals surface area contributed by atoms with Crippen molar-refractivity contribution in [2.45, 2.75) is 35.0 Å². The Balaban J connectivity index is 0.000000228. The molecule has 2 aromatic carbocycles. The van der Waals surface area contributed by atoms with E-state index in [4.69, 9.17) is 74.3 Å². The Hall–Kier alpha value is -2.30. The number of aliphatic hydroxyl groups excluding tert-OH is 1. The van der Waals surface area contributed by atoms with Gasteiger partial charge in [0.15, 0.2) is 23.3 Å². The van der Waals surface area contributed by atoms with Crippen molar-refractivity contribution < 1.29 is 9.84 Å². The van der Waals surface area contributed by atoms with Crippen molar-refractivity contribution >= 4 is 81.8 Å². The van der Waals surface area contributed by atoms with Gasteiger partial charge in [-0.2, -0.15) is 0 Å². The van der Waals surface area contributed by atoms with E-state index >= 15 is 0 Å². The minimum Gasteiger partial charge on any atom is -0.496 e. The smallest absolute Gasteiger partial charge is 0.250 e. The number of halogens is 6. The van der Waals surface area contributed by atoms with Crippen LogP contribution in [0.25, 0.3) is 23.5 Å². The molecular weight excluding hydrogens is 653 g/mol. The van der Waals surface area contributed by atoms with E-state index in [1.54, 1.807) is 39.2 Å². The average Bonchev–Trinajstić information content (AvgIpc) is 2.91. The molecule has 0 fully saturated rings. The quantitative estimate of drug-likeness (QED) is 0.215. The molecule has 0 spiro atoms. The van der Waals surface area contributed by atoms with Crippen molar-refractivity contribution in [1.29, 1.82) is 0 Å². The zero-order chi connectivity index (χ0) is 30.4. The molecule has 2 aromatic heterocycles. The van der Waals surface area contributed by atoms with E-state index in [-0.39, 0.29) is 18.3 Å². The summed E-state index contributed by atoms with van der Waals surface area (Å²) in [6, 6.07) is 13.1. The molecular formula is C27H24Cl6N6O2. The number of aromatic nitrogens is 6. The fraction of sp³-hybridized carbons (Fsp3) is 0.259. The molecule has 216 valence electrons. The topological polar surface area (TPSA) is 107 Å². The molecule has 41 heavy (non-hydrogen) atoms. The first-order valence-corrected chi connectivity index (χ1v) is 14.1. The molecule has 4 aromatic rings. The molecule has 14 heteroatoms. The van der Waals surface area contributed by atoms with Crippen LogP contribution in [0.4, 0.5) is 0 Å². The maximum atomic E-state index is 9.33. The number of aryl methyl sites for hydroxylation is 3. The van der Waals surface area contributed by atoms with E-state index in [0.29, 0.717) is 34.4 Å². The summed E-state index contributed by atoms with van der Waals surface area (Å²) in [5.74, 6) is 2.71. The third-order valence-corrected chi connectivity index (χ3v) is 6.32. The maximum absolute atomic E-state index is 9.33. The fourth-order valence-electron chi connectivity index (χ4n) is 3.42. The summed E-state index contributed by atoms with van der Waals surface area (Å²) in [5, 5.41) is 9.33. The second kappa shape index (κ2) is 14.2. The van der Waals surface area contributed by atoms with Crippen LogP contribution >= 0.6 is 69.6 Å². The van der Waals surface area contributed by atoms with E-state index < -0.39 is 7.59 Å². The van der Waals surface area contributed by atoms with Gasteiger partial charge in [-0.25, -0.2) is 29.9 Å². The van der Waals surface area contributed by atoms with Crippen molar-refractivity contribution in [3.63, 3.8) is 0 Å². The molecule has 0 unspecified atom stereocenters. The van der Waals surface area contributed by atoms with E-state index in [1.165, 1.54) is 0 Å². The standard InChI is InChI=1S/C15H14Cl3N3O.C12H10Cl3N3O/c1-9-4-5-11(8-12(9)22-3)6-7-13-19-10(2)20-14(21-13)15(16,17)18;1-7-16-10(18-11(17-7)12(13,14)15)9-5-3-2-4-8(9)6-19/h4-8H,1-3H3;2-5,19H,6H2,1H3/b7-6+;. The van der Waals surface area contributed by atoms with E-state index in [1.807, 2.05) is 43.3 Å². The van der Waals surface area contributed by atoms with Gasteiger partial charge in [-0.1, -0.05) is 112 Å². The first-order chi connectivity index (χ1) is 19.2. The Labute approximate surface area is 267 Å². The average molecular weight is 677 g/mol. The number of alkyl halides is 6. The molecule has 0 atom stereocenters. The number of aliphatic hydroxyl groups is 1. The second-order valence-corrected chi connectivity index (χ2v) is 13.0. The summed E-state index contributed by atoms with van der Waals surface area (Å²) < 4.78 is 1.90. The van der Waals surface area contributed by atoms with Gasteiger partial charge in [0.05, 0.1) is 13.7 Å². The number of methoxy groups -OCH3 is 1. The fourth-order valence-corrected chi connectivity index (χ4v) is 3.93. The first-order valence-electron chi connectivity index (χ1n) is 11.8. The van der Waals surface area contributed by atoms with Crippen LogP contribution in [0.15, 0.2) is 42.5 Å². The molecule has 0 saturated carbocycles. The molecule has 0 saturated heterocycles. The van der Waals surface area contributed by atoms with Gasteiger partial charge >= 0.3 is 0 Å². The van der Waals surface area contributed by atoms with Crippen LogP contribution in [0.2, 0.25) is 0 Å². The largest absolute Gasteiger partial charge is 0.496 e. The lowest BCUT2D eigenvalue weighted by molar-refractivity contribution is 0.282. The zero-order valence-corrected chi connectivity index (χ0v) is 26.7. The van der Waals surface area contributed by atoms with Gasteiger partial charge in [0.2, 0.25) is 7.59 Å². The van der Waals surface area contributed by atoms with Crippen molar-refractivity contribution in [3.8, 4) is 17.1 Å². The highest BCUT2D eigenvalue weighted by Gasteiger charge is 2.28. The summed E-state index contributed by atoms with van der Waals surface area (Å²) in [7, 11) is 1.64. The number of hydrogen-bond donors (Lipinski definition) is 1. The molecule has 1 N–H and O–H groups in total. The predicted octanol–water partition coefficient (Wildman–Crippen LogP) is 7.66. The van der Waals surface area contributed by atoms with Gasteiger partial charge < -0.3 is 9.84 Å². The van der Waals surface area contributed by atoms with Crippen molar-refractivity contribution in [3.05, 3.63) is 88.3 Å². The molecule has 0 aliphatic rings. The van der Waals surface area contributed by atoms with Gasteiger partial charge in [-0.3, -0.25) is 0 Å². The number of nitrogens with zero attached hydrogens (tertiary/aromatic N) is 6. The van der Waals surface area contributed by atoms with Gasteiger partial charge in [-0.05, 0) is 49.6 Å². The van der Waals surface area contributed by atoms with Gasteiger partial charge in [0.1, 0.15) is 17.4 Å². The van der Waals surface area contributed by atoms with Crippen molar-refractivity contribution in [2.24, 2.45) is 0 Å². The molecule has 0 aliphatic carbocycles. The Morgan fingerprint density at radius 3 is 1.98 bits per heavy atom. The van der Waals surface area contributed by atoms with Crippen molar-refractivity contribution in [2.75, 3.05) is 7.11 Å². The van der Waals surface area contributed by atoms with E-state index in [0.717, 1.165) is 16.9 Å². The number of ether oxygens (including phenoxy) is 1. The normalized spacial score (nSPS) is 11.8. The SMILES string of the molecule is COc1cc(/C=C/c2nc(C)nc(C(Cl)(Cl)Cl)n2)ccc1C.Cc1nc(-c2ccccc2CO)nc(C(Cl)(Cl)Cl)n1. The second-order valence-electron chi connectivity index (χ2n) is 8.47. The molecule has 8 nitrogen and oxygen atoms in total. The minimum atomic E-state index is -1.71. The number of rotatable bonds is 5. The Morgan fingerprint density at radius 1 is 0.756 bits per heavy atom. The lowest BCUT2D eigenvalue weighted by Crippen LogP contribution is -2.11. The molecule has 0 radical (unpaired) electrons. The highest BCUT2D eigenvalue weighted by atomic mass is 35.6. The highest BCUT2D eigenvalue weighted by molar-refractivity contribution is 6.67. The van der Waals surface area contributed by atoms with Crippen LogP contribution in [-0.2, 0) is 14.2 Å². The van der Waals surface area contributed by atoms with Crippen LogP contribution in [-0.4, -0.2) is 42.1 Å². The number of hydrogen-bond acceptors (Lipinski definition) is 8. The Bertz CT molecular complexity index is 1540. The first kappa shape index (κ1) is 33.2. The maximum Gasteiger partial charge on any atom is 0.250 e. The van der Waals surface area contributed by atoms with Crippen LogP contribution in [0.5, 0.6) is 5.75 Å². The van der Waals surface area contributed by atoms with Crippen molar-refractivity contribution in [1.82, 2.24) is 29.9 Å². The monoisotopic (exact) mass is 674 g/mol. The third kappa shape index (κ3) is 9.61. The molecule has 2 heterocycles. The van der Waals surface area contributed by atoms with Crippen LogP contribution in [0, 0.1) is 20.8 Å². The van der Waals surface area contributed by atoms with Crippen LogP contribution in [0.1, 0.15) is 45.8 Å². The van der Waals surface area contributed by atoms with Crippen LogP contribution in [0.3, 0.4) is 0 Å². The molecule has 4 rings (SSSR count). The number of benzene rings is 2. The molecule has 0 amide bonds. The summed E-state index contributed by atoms with van der Waals surface area (Å²) in [4.78, 5) is 24.8. The molecule has 0 aliphatic heterocycles. The third-order valence-electron chi connectivity index (χ3n) is 5.30. The summed E-state index contributed by atoms with van der Waals surface area (Å²) in [6.45, 7) is 5.26.